The van der Waals surface area contributed by atoms with Crippen molar-refractivity contribution >= 4 is 34.9 Å². The second-order valence-electron chi connectivity index (χ2n) is 13.0. The summed E-state index contributed by atoms with van der Waals surface area (Å²) in [5.41, 5.74) is -3.00. The number of hydrogen-bond acceptors (Lipinski definition) is 6. The van der Waals surface area contributed by atoms with Crippen molar-refractivity contribution in [2.24, 2.45) is 5.41 Å². The third kappa shape index (κ3) is 6.35. The number of aliphatic hydroxyl groups is 1. The number of nitriles is 1. The molecule has 0 saturated carbocycles. The van der Waals surface area contributed by atoms with Gasteiger partial charge in [0.1, 0.15) is 17.0 Å². The Morgan fingerprint density at radius 3 is 2.59 bits per heavy atom. The Bertz CT molecular complexity index is 1580. The molecule has 2 aliphatic rings. The number of piperidine rings is 1. The second kappa shape index (κ2) is 12.4. The van der Waals surface area contributed by atoms with Crippen LogP contribution in [0.3, 0.4) is 0 Å². The van der Waals surface area contributed by atoms with Crippen molar-refractivity contribution < 1.29 is 18.7 Å². The minimum atomic E-state index is -1.73. The van der Waals surface area contributed by atoms with Gasteiger partial charge in [0.05, 0.1) is 29.3 Å². The van der Waals surface area contributed by atoms with Gasteiger partial charge in [-0.25, -0.2) is 8.78 Å². The highest BCUT2D eigenvalue weighted by Gasteiger charge is 2.61. The van der Waals surface area contributed by atoms with Gasteiger partial charge in [-0.15, -0.1) is 0 Å². The second-order valence-corrected chi connectivity index (χ2v) is 13.9. The molecular formula is C32H36Cl2F2N6O2. The van der Waals surface area contributed by atoms with Gasteiger partial charge < -0.3 is 21.1 Å². The van der Waals surface area contributed by atoms with Gasteiger partial charge in [-0.3, -0.25) is 9.48 Å². The van der Waals surface area contributed by atoms with E-state index in [4.69, 9.17) is 23.2 Å². The molecule has 1 aromatic heterocycles. The average Bonchev–Trinajstić information content (AvgIpc) is 3.51. The normalized spacial score (nSPS) is 25.0. The molecule has 2 fully saturated rings. The Labute approximate surface area is 265 Å². The summed E-state index contributed by atoms with van der Waals surface area (Å²) in [5, 5.41) is 35.6. The Balaban J connectivity index is 1.57. The molecule has 4 atom stereocenters. The topological polar surface area (TPSA) is 115 Å². The Kier molecular flexibility index (Phi) is 9.09. The number of anilines is 1. The van der Waals surface area contributed by atoms with Crippen LogP contribution < -0.4 is 16.0 Å². The average molecular weight is 646 g/mol. The quantitative estimate of drug-likeness (QED) is 0.268. The zero-order chi connectivity index (χ0) is 31.9. The summed E-state index contributed by atoms with van der Waals surface area (Å²) >= 11 is 12.3. The van der Waals surface area contributed by atoms with Crippen LogP contribution in [0.15, 0.2) is 48.7 Å². The van der Waals surface area contributed by atoms with Gasteiger partial charge >= 0.3 is 0 Å². The summed E-state index contributed by atoms with van der Waals surface area (Å²) in [6.45, 7) is 7.56. The molecule has 3 aromatic rings. The highest BCUT2D eigenvalue weighted by Crippen LogP contribution is 2.52. The van der Waals surface area contributed by atoms with Crippen molar-refractivity contribution in [2.75, 3.05) is 18.4 Å². The van der Waals surface area contributed by atoms with Crippen LogP contribution >= 0.6 is 23.2 Å². The number of nitrogens with one attached hydrogen (secondary N) is 3. The third-order valence-electron chi connectivity index (χ3n) is 8.61. The molecule has 12 heteroatoms. The van der Waals surface area contributed by atoms with E-state index in [1.54, 1.807) is 23.0 Å². The van der Waals surface area contributed by atoms with E-state index in [9.17, 15) is 15.2 Å². The van der Waals surface area contributed by atoms with Gasteiger partial charge in [0.15, 0.2) is 5.82 Å². The number of carbonyl (C=O) groups excluding carboxylic acids is 1. The summed E-state index contributed by atoms with van der Waals surface area (Å²) in [5.74, 6) is -3.07. The van der Waals surface area contributed by atoms with E-state index in [1.807, 2.05) is 20.8 Å². The SMILES string of the molecule is CC(C)(C)CC1NC(C(=O)Nc2ccn(CC3(O)CCNCC3)n2)C(c2cccc(Cl)c2F)C1(C#N)c1ccc(Cl)cc1F. The fourth-order valence-corrected chi connectivity index (χ4v) is 6.97. The molecule has 44 heavy (non-hydrogen) atoms. The van der Waals surface area contributed by atoms with Crippen molar-refractivity contribution in [1.29, 1.82) is 5.26 Å². The minimum absolute atomic E-state index is 0.00492. The van der Waals surface area contributed by atoms with Gasteiger partial charge in [-0.05, 0) is 61.5 Å². The maximum Gasteiger partial charge on any atom is 0.243 e. The van der Waals surface area contributed by atoms with Crippen molar-refractivity contribution in [3.8, 4) is 6.07 Å². The van der Waals surface area contributed by atoms with E-state index in [1.165, 1.54) is 24.3 Å². The number of halogens is 4. The van der Waals surface area contributed by atoms with Crippen molar-refractivity contribution in [3.05, 3.63) is 81.5 Å². The van der Waals surface area contributed by atoms with E-state index < -0.39 is 46.6 Å². The summed E-state index contributed by atoms with van der Waals surface area (Å²) in [6, 6.07) is 10.4. The molecular weight excluding hydrogens is 609 g/mol. The molecule has 0 aliphatic carbocycles. The predicted octanol–water partition coefficient (Wildman–Crippen LogP) is 5.54. The number of carbonyl (C=O) groups is 1. The molecule has 234 valence electrons. The largest absolute Gasteiger partial charge is 0.388 e. The fraction of sp³-hybridized carbons (Fsp3) is 0.469. The van der Waals surface area contributed by atoms with E-state index >= 15 is 8.78 Å². The summed E-state index contributed by atoms with van der Waals surface area (Å²) in [4.78, 5) is 14.1. The van der Waals surface area contributed by atoms with Crippen LogP contribution in [0.5, 0.6) is 0 Å². The van der Waals surface area contributed by atoms with Crippen molar-refractivity contribution in [1.82, 2.24) is 20.4 Å². The van der Waals surface area contributed by atoms with Gasteiger partial charge in [-0.2, -0.15) is 10.4 Å². The number of aromatic nitrogens is 2. The van der Waals surface area contributed by atoms with Crippen LogP contribution in [0.1, 0.15) is 57.1 Å². The number of rotatable bonds is 7. The lowest BCUT2D eigenvalue weighted by molar-refractivity contribution is -0.118. The van der Waals surface area contributed by atoms with Crippen LogP contribution in [0.4, 0.5) is 14.6 Å². The van der Waals surface area contributed by atoms with Crippen molar-refractivity contribution in [3.63, 3.8) is 0 Å². The Morgan fingerprint density at radius 2 is 1.93 bits per heavy atom. The molecule has 0 spiro atoms. The predicted molar refractivity (Wildman–Crippen MR) is 166 cm³/mol. The van der Waals surface area contributed by atoms with Gasteiger partial charge in [0, 0.05) is 34.8 Å². The van der Waals surface area contributed by atoms with Crippen molar-refractivity contribution in [2.45, 2.75) is 75.6 Å². The molecule has 3 heterocycles. The highest BCUT2D eigenvalue weighted by atomic mass is 35.5. The van der Waals surface area contributed by atoms with Crippen LogP contribution in [0.25, 0.3) is 0 Å². The monoisotopic (exact) mass is 644 g/mol. The first-order chi connectivity index (χ1) is 20.8. The summed E-state index contributed by atoms with van der Waals surface area (Å²) in [6.07, 6.45) is 3.16. The maximum atomic E-state index is 15.8. The summed E-state index contributed by atoms with van der Waals surface area (Å²) < 4.78 is 33.2. The zero-order valence-corrected chi connectivity index (χ0v) is 26.3. The molecule has 1 amide bonds. The highest BCUT2D eigenvalue weighted by molar-refractivity contribution is 6.31. The number of hydrogen-bond donors (Lipinski definition) is 4. The molecule has 4 unspecified atom stereocenters. The standard InChI is InChI=1S/C32H36Cl2F2N6O2/c1-30(2,3)16-24-32(17-37,21-8-7-19(33)15-23(21)35)26(20-5-4-6-22(34)27(20)36)28(39-24)29(43)40-25-9-14-42(41-25)18-31(44)10-12-38-13-11-31/h4-9,14-15,24,26,28,38-39,44H,10-13,16,18H2,1-3H3,(H,40,41,43). The number of amides is 1. The van der Waals surface area contributed by atoms with Gasteiger partial charge in [0.2, 0.25) is 5.91 Å². The summed E-state index contributed by atoms with van der Waals surface area (Å²) in [7, 11) is 0. The lowest BCUT2D eigenvalue weighted by Crippen LogP contribution is -2.45. The zero-order valence-electron chi connectivity index (χ0n) is 24.8. The lowest BCUT2D eigenvalue weighted by Gasteiger charge is -2.37. The van der Waals surface area contributed by atoms with Crippen LogP contribution in [0.2, 0.25) is 10.0 Å². The maximum absolute atomic E-state index is 15.8. The lowest BCUT2D eigenvalue weighted by atomic mass is 9.62. The molecule has 5 rings (SSSR count). The van der Waals surface area contributed by atoms with E-state index in [-0.39, 0.29) is 38.9 Å². The van der Waals surface area contributed by atoms with E-state index in [0.717, 1.165) is 6.07 Å². The first kappa shape index (κ1) is 32.3. The molecule has 4 N–H and O–H groups in total. The number of nitrogens with zero attached hydrogens (tertiary/aromatic N) is 3. The van der Waals surface area contributed by atoms with E-state index in [0.29, 0.717) is 32.4 Å². The first-order valence-corrected chi connectivity index (χ1v) is 15.4. The Morgan fingerprint density at radius 1 is 1.20 bits per heavy atom. The fourth-order valence-electron chi connectivity index (χ4n) is 6.63. The van der Waals surface area contributed by atoms with Crippen LogP contribution in [-0.4, -0.2) is 51.6 Å². The van der Waals surface area contributed by atoms with E-state index in [2.05, 4.69) is 27.1 Å². The van der Waals surface area contributed by atoms with Gasteiger partial charge in [-0.1, -0.05) is 62.2 Å². The Hall–Kier alpha value is -3.07. The molecule has 2 saturated heterocycles. The molecule has 2 aromatic carbocycles. The van der Waals surface area contributed by atoms with Crippen LogP contribution in [-0.2, 0) is 16.8 Å². The smallest absolute Gasteiger partial charge is 0.243 e. The third-order valence-corrected chi connectivity index (χ3v) is 9.14. The first-order valence-electron chi connectivity index (χ1n) is 14.6. The number of benzene rings is 2. The van der Waals surface area contributed by atoms with Crippen LogP contribution in [0, 0.1) is 28.4 Å². The minimum Gasteiger partial charge on any atom is -0.388 e. The molecule has 8 nitrogen and oxygen atoms in total. The molecule has 2 aliphatic heterocycles. The molecule has 0 radical (unpaired) electrons. The van der Waals surface area contributed by atoms with Gasteiger partial charge in [0.25, 0.3) is 0 Å². The molecule has 0 bridgehead atoms.